The smallest absolute Gasteiger partial charge is 0.303 e. The first-order valence-corrected chi connectivity index (χ1v) is 13.8. The maximum Gasteiger partial charge on any atom is 0.303 e. The molecule has 0 radical (unpaired) electrons. The zero-order valence-corrected chi connectivity index (χ0v) is 22.5. The molecule has 0 spiro atoms. The van der Waals surface area contributed by atoms with Crippen LogP contribution in [0, 0.1) is 12.7 Å². The Morgan fingerprint density at radius 1 is 1.28 bits per heavy atom. The lowest BCUT2D eigenvalue weighted by Crippen LogP contribution is -2.44. The van der Waals surface area contributed by atoms with Crippen molar-refractivity contribution in [3.05, 3.63) is 76.2 Å². The highest BCUT2D eigenvalue weighted by Gasteiger charge is 2.37. The Balaban J connectivity index is 1.78. The molecule has 12 heteroatoms. The molecule has 1 atom stereocenters. The van der Waals surface area contributed by atoms with Crippen LogP contribution in [-0.2, 0) is 14.8 Å². The van der Waals surface area contributed by atoms with E-state index in [4.69, 9.17) is 26.2 Å². The van der Waals surface area contributed by atoms with Crippen LogP contribution < -0.4 is 13.8 Å². The number of ether oxygens (including phenoxy) is 2. The van der Waals surface area contributed by atoms with Crippen molar-refractivity contribution in [3.63, 3.8) is 0 Å². The van der Waals surface area contributed by atoms with Crippen LogP contribution in [0.2, 0.25) is 5.02 Å². The molecule has 4 rings (SSSR count). The van der Waals surface area contributed by atoms with Crippen molar-refractivity contribution in [2.45, 2.75) is 30.8 Å². The largest absolute Gasteiger partial charge is 0.486 e. The van der Waals surface area contributed by atoms with Crippen molar-refractivity contribution in [3.8, 4) is 11.6 Å². The van der Waals surface area contributed by atoms with E-state index in [2.05, 4.69) is 4.98 Å². The number of carboxylic acids is 1. The number of aliphatic carboxylic acids is 1. The number of carbonyl (C=O) groups is 1. The molecule has 1 aromatic heterocycles. The molecule has 0 saturated carbocycles. The second kappa shape index (κ2) is 12.0. The molecule has 3 aromatic rings. The van der Waals surface area contributed by atoms with Crippen LogP contribution in [-0.4, -0.2) is 55.4 Å². The Hall–Kier alpha value is -3.67. The fourth-order valence-electron chi connectivity index (χ4n) is 4.03. The van der Waals surface area contributed by atoms with Crippen molar-refractivity contribution in [2.75, 3.05) is 24.1 Å². The molecule has 206 valence electrons. The SMILES string of the molecule is Cc1cnc(OCCO)c(S(=O)(=O)N2C[C@H](CCC(=O)O)Oc3ccc(/C=C/c4c(F)cccc4Cl)cc32)c1. The van der Waals surface area contributed by atoms with Gasteiger partial charge in [-0.3, -0.25) is 9.10 Å². The van der Waals surface area contributed by atoms with Crippen molar-refractivity contribution in [1.29, 1.82) is 0 Å². The van der Waals surface area contributed by atoms with Gasteiger partial charge in [0.1, 0.15) is 29.2 Å². The van der Waals surface area contributed by atoms with Crippen LogP contribution in [0.3, 0.4) is 0 Å². The number of aromatic nitrogens is 1. The molecule has 0 unspecified atom stereocenters. The molecule has 0 amide bonds. The summed E-state index contributed by atoms with van der Waals surface area (Å²) in [7, 11) is -4.30. The number of pyridine rings is 1. The highest BCUT2D eigenvalue weighted by atomic mass is 35.5. The number of anilines is 1. The summed E-state index contributed by atoms with van der Waals surface area (Å²) in [5.41, 5.74) is 1.50. The predicted octanol–water partition coefficient (Wildman–Crippen LogP) is 4.55. The summed E-state index contributed by atoms with van der Waals surface area (Å²) in [4.78, 5) is 15.1. The number of hydrogen-bond acceptors (Lipinski definition) is 7. The first-order chi connectivity index (χ1) is 18.6. The highest BCUT2D eigenvalue weighted by Crippen LogP contribution is 2.40. The number of aryl methyl sites for hydroxylation is 1. The average molecular weight is 577 g/mol. The van der Waals surface area contributed by atoms with E-state index in [0.29, 0.717) is 11.1 Å². The van der Waals surface area contributed by atoms with Gasteiger partial charge < -0.3 is 19.7 Å². The fraction of sp³-hybridized carbons (Fsp3) is 0.259. The molecule has 9 nitrogen and oxygen atoms in total. The van der Waals surface area contributed by atoms with Gasteiger partial charge in [0.2, 0.25) is 5.88 Å². The minimum Gasteiger partial charge on any atom is -0.486 e. The molecule has 1 aliphatic heterocycles. The lowest BCUT2D eigenvalue weighted by atomic mass is 10.1. The van der Waals surface area contributed by atoms with Crippen LogP contribution in [0.4, 0.5) is 10.1 Å². The number of fused-ring (bicyclic) bond motifs is 1. The Labute approximate surface area is 230 Å². The monoisotopic (exact) mass is 576 g/mol. The minimum atomic E-state index is -4.30. The standard InChI is InChI=1S/C27H26ClFN2O7S/c1-17-13-25(27(30-15-17)37-12-11-32)39(35,36)31-16-19(7-10-26(33)34)38-24-9-6-18(14-23(24)31)5-8-20-21(28)3-2-4-22(20)29/h2-6,8-9,13-15,19,32H,7,10-12,16H2,1H3,(H,33,34)/b8-5+/t19-/m0/s1. The quantitative estimate of drug-likeness (QED) is 0.337. The Morgan fingerprint density at radius 3 is 2.79 bits per heavy atom. The fourth-order valence-corrected chi connectivity index (χ4v) is 5.92. The molecule has 0 aliphatic carbocycles. The van der Waals surface area contributed by atoms with Crippen molar-refractivity contribution in [1.82, 2.24) is 4.98 Å². The number of aliphatic hydroxyl groups is 1. The zero-order chi connectivity index (χ0) is 28.2. The van der Waals surface area contributed by atoms with Crippen LogP contribution >= 0.6 is 11.6 Å². The number of nitrogens with zero attached hydrogens (tertiary/aromatic N) is 2. The van der Waals surface area contributed by atoms with Crippen LogP contribution in [0.1, 0.15) is 29.5 Å². The topological polar surface area (TPSA) is 126 Å². The first-order valence-electron chi connectivity index (χ1n) is 12.0. The Morgan fingerprint density at radius 2 is 2.08 bits per heavy atom. The summed E-state index contributed by atoms with van der Waals surface area (Å²) in [5, 5.41) is 18.5. The normalized spacial score (nSPS) is 15.2. The van der Waals surface area contributed by atoms with E-state index in [9.17, 15) is 22.7 Å². The van der Waals surface area contributed by atoms with Crippen LogP contribution in [0.5, 0.6) is 11.6 Å². The molecule has 0 saturated heterocycles. The number of rotatable bonds is 10. The van der Waals surface area contributed by atoms with E-state index in [-0.39, 0.29) is 65.4 Å². The van der Waals surface area contributed by atoms with Crippen LogP contribution in [0.15, 0.2) is 53.6 Å². The van der Waals surface area contributed by atoms with Gasteiger partial charge in [0.15, 0.2) is 0 Å². The number of carboxylic acid groups (broad SMARTS) is 1. The molecule has 2 heterocycles. The third-order valence-electron chi connectivity index (χ3n) is 5.89. The lowest BCUT2D eigenvalue weighted by Gasteiger charge is -2.35. The van der Waals surface area contributed by atoms with Gasteiger partial charge in [0.25, 0.3) is 10.0 Å². The molecule has 2 N–H and O–H groups in total. The third-order valence-corrected chi connectivity index (χ3v) is 7.99. The number of halogens is 2. The van der Waals surface area contributed by atoms with Crippen molar-refractivity contribution in [2.24, 2.45) is 0 Å². The molecule has 0 bridgehead atoms. The molecule has 39 heavy (non-hydrogen) atoms. The van der Waals surface area contributed by atoms with E-state index < -0.39 is 27.9 Å². The summed E-state index contributed by atoms with van der Waals surface area (Å²) in [5.74, 6) is -1.48. The van der Waals surface area contributed by atoms with E-state index in [0.717, 1.165) is 4.31 Å². The van der Waals surface area contributed by atoms with E-state index in [1.54, 1.807) is 37.3 Å². The predicted molar refractivity (Wildman–Crippen MR) is 144 cm³/mol. The van der Waals surface area contributed by atoms with Crippen molar-refractivity contribution >= 4 is 45.4 Å². The number of aliphatic hydroxyl groups excluding tert-OH is 1. The Kier molecular flexibility index (Phi) is 8.73. The van der Waals surface area contributed by atoms with Gasteiger partial charge in [0.05, 0.1) is 23.9 Å². The van der Waals surface area contributed by atoms with Gasteiger partial charge in [-0.15, -0.1) is 0 Å². The summed E-state index contributed by atoms with van der Waals surface area (Å²) in [6, 6.07) is 10.6. The summed E-state index contributed by atoms with van der Waals surface area (Å²) in [6.45, 7) is 1.02. The van der Waals surface area contributed by atoms with E-state index in [1.807, 2.05) is 0 Å². The lowest BCUT2D eigenvalue weighted by molar-refractivity contribution is -0.137. The van der Waals surface area contributed by atoms with E-state index in [1.165, 1.54) is 30.5 Å². The highest BCUT2D eigenvalue weighted by molar-refractivity contribution is 7.93. The van der Waals surface area contributed by atoms with E-state index >= 15 is 0 Å². The van der Waals surface area contributed by atoms with Gasteiger partial charge in [-0.1, -0.05) is 29.8 Å². The number of hydrogen-bond donors (Lipinski definition) is 2. The molecule has 2 aromatic carbocycles. The van der Waals surface area contributed by atoms with Crippen LogP contribution in [0.25, 0.3) is 12.2 Å². The second-order valence-corrected chi connectivity index (χ2v) is 11.0. The average Bonchev–Trinajstić information content (AvgIpc) is 2.90. The molecule has 1 aliphatic rings. The van der Waals surface area contributed by atoms with Gasteiger partial charge in [-0.05, 0) is 60.9 Å². The zero-order valence-electron chi connectivity index (χ0n) is 20.9. The molecular weight excluding hydrogens is 551 g/mol. The molecule has 0 fully saturated rings. The van der Waals surface area contributed by atoms with Gasteiger partial charge in [-0.25, -0.2) is 17.8 Å². The second-order valence-electron chi connectivity index (χ2n) is 8.79. The molecular formula is C27H26ClFN2O7S. The minimum absolute atomic E-state index is 0.0775. The number of benzene rings is 2. The Bertz CT molecular complexity index is 1490. The van der Waals surface area contributed by atoms with Crippen molar-refractivity contribution < 1.29 is 37.3 Å². The third kappa shape index (κ3) is 6.49. The summed E-state index contributed by atoms with van der Waals surface area (Å²) in [6.07, 6.45) is 3.66. The van der Waals surface area contributed by atoms with Gasteiger partial charge in [0, 0.05) is 18.2 Å². The van der Waals surface area contributed by atoms with Gasteiger partial charge in [-0.2, -0.15) is 0 Å². The summed E-state index contributed by atoms with van der Waals surface area (Å²) < 4.78 is 54.8. The maximum atomic E-state index is 14.2. The maximum absolute atomic E-state index is 14.2. The first kappa shape index (κ1) is 28.3. The van der Waals surface area contributed by atoms with Gasteiger partial charge >= 0.3 is 5.97 Å². The summed E-state index contributed by atoms with van der Waals surface area (Å²) >= 11 is 6.12. The number of sulfonamides is 1.